The minimum Gasteiger partial charge on any atom is -0.344 e. The van der Waals surface area contributed by atoms with E-state index in [1.54, 1.807) is 0 Å². The lowest BCUT2D eigenvalue weighted by molar-refractivity contribution is 0.381. The lowest BCUT2D eigenvalue weighted by atomic mass is 14.0. The van der Waals surface area contributed by atoms with Gasteiger partial charge < -0.3 is 24.6 Å². The van der Waals surface area contributed by atoms with Gasteiger partial charge in [-0.15, -0.1) is 24.8 Å². The first-order valence-electron chi connectivity index (χ1n) is 0.698. The van der Waals surface area contributed by atoms with Gasteiger partial charge in [-0.1, -0.05) is 0 Å². The number of rotatable bonds is 0. The summed E-state index contributed by atoms with van der Waals surface area (Å²) in [5.74, 6) is 0. The lowest BCUT2D eigenvalue weighted by Crippen LogP contribution is -1.89. The van der Waals surface area contributed by atoms with Crippen molar-refractivity contribution < 1.29 is 17.5 Å². The van der Waals surface area contributed by atoms with E-state index >= 15 is 0 Å². The van der Waals surface area contributed by atoms with Crippen molar-refractivity contribution in [2.45, 2.75) is 0 Å². The average molecular weight is 239 g/mol. The molecule has 0 bridgehead atoms. The molecule has 0 atom stereocenters. The Bertz CT molecular complexity index is 103. The number of hydrogen-bond donors (Lipinski definition) is 6. The highest BCUT2D eigenvalue weighted by molar-refractivity contribution is 7.79. The quantitative estimate of drug-likeness (QED) is 0.332. The molecular formula is H16Cl2N4O4S. The highest BCUT2D eigenvalue weighted by Crippen LogP contribution is 1.59. The molecule has 8 nitrogen and oxygen atoms in total. The fourth-order valence-electron chi connectivity index (χ4n) is 0. The van der Waals surface area contributed by atoms with Gasteiger partial charge in [0.25, 0.3) is 0 Å². The average Bonchev–Trinajstić information content (AvgIpc) is 0.722. The Balaban J connectivity index is -0.00000000533. The summed E-state index contributed by atoms with van der Waals surface area (Å²) < 4.78 is 31.6. The van der Waals surface area contributed by atoms with Gasteiger partial charge in [-0.3, -0.25) is 9.11 Å². The Labute approximate surface area is 77.9 Å². The van der Waals surface area contributed by atoms with Crippen molar-refractivity contribution in [3.05, 3.63) is 0 Å². The molecule has 0 aliphatic carbocycles. The molecule has 0 aromatic heterocycles. The molecule has 0 aliphatic heterocycles. The van der Waals surface area contributed by atoms with E-state index in [9.17, 15) is 0 Å². The maximum atomic E-state index is 8.74. The molecule has 0 aromatic carbocycles. The van der Waals surface area contributed by atoms with Gasteiger partial charge >= 0.3 is 10.4 Å². The maximum absolute atomic E-state index is 8.74. The van der Waals surface area contributed by atoms with Crippen LogP contribution >= 0.6 is 24.8 Å². The molecule has 0 spiro atoms. The van der Waals surface area contributed by atoms with Gasteiger partial charge in [-0.05, 0) is 0 Å². The van der Waals surface area contributed by atoms with Gasteiger partial charge in [0, 0.05) is 0 Å². The normalized spacial score (nSPS) is 5.27. The van der Waals surface area contributed by atoms with Gasteiger partial charge in [0.15, 0.2) is 0 Å². The van der Waals surface area contributed by atoms with Gasteiger partial charge in [0.05, 0.1) is 0 Å². The van der Waals surface area contributed by atoms with Crippen LogP contribution in [0.15, 0.2) is 0 Å². The molecule has 14 N–H and O–H groups in total. The summed E-state index contributed by atoms with van der Waals surface area (Å²) >= 11 is 0. The Morgan fingerprint density at radius 3 is 0.727 bits per heavy atom. The molecule has 0 amide bonds. The molecule has 0 radical (unpaired) electrons. The molecule has 11 heavy (non-hydrogen) atoms. The molecule has 0 saturated heterocycles. The van der Waals surface area contributed by atoms with Crippen LogP contribution in [0, 0.1) is 0 Å². The summed E-state index contributed by atoms with van der Waals surface area (Å²) in [4.78, 5) is 0. The van der Waals surface area contributed by atoms with Crippen molar-refractivity contribution in [1.82, 2.24) is 24.6 Å². The zero-order valence-electron chi connectivity index (χ0n) is 5.76. The van der Waals surface area contributed by atoms with Crippen molar-refractivity contribution in [1.29, 1.82) is 0 Å². The number of halogens is 2. The third-order valence-electron chi connectivity index (χ3n) is 0. The van der Waals surface area contributed by atoms with Gasteiger partial charge in [-0.2, -0.15) is 8.42 Å². The van der Waals surface area contributed by atoms with Crippen LogP contribution in [0.3, 0.4) is 0 Å². The van der Waals surface area contributed by atoms with Crippen molar-refractivity contribution in [2.75, 3.05) is 0 Å². The Morgan fingerprint density at radius 2 is 0.727 bits per heavy atom. The van der Waals surface area contributed by atoms with Crippen LogP contribution in [0.25, 0.3) is 0 Å². The zero-order chi connectivity index (χ0) is 4.50. The Morgan fingerprint density at radius 1 is 0.727 bits per heavy atom. The second-order valence-corrected chi connectivity index (χ2v) is 1.34. The smallest absolute Gasteiger partial charge is 0.344 e. The summed E-state index contributed by atoms with van der Waals surface area (Å²) in [5, 5.41) is 0. The van der Waals surface area contributed by atoms with Crippen LogP contribution in [0.1, 0.15) is 0 Å². The first-order valence-corrected chi connectivity index (χ1v) is 2.10. The molecule has 0 saturated carbocycles. The summed E-state index contributed by atoms with van der Waals surface area (Å²) in [6.45, 7) is 0. The van der Waals surface area contributed by atoms with Gasteiger partial charge in [0.2, 0.25) is 0 Å². The van der Waals surface area contributed by atoms with E-state index in [2.05, 4.69) is 0 Å². The van der Waals surface area contributed by atoms with Gasteiger partial charge in [-0.25, -0.2) is 0 Å². The van der Waals surface area contributed by atoms with Crippen LogP contribution in [-0.2, 0) is 10.4 Å². The Hall–Kier alpha value is 0.290. The molecule has 0 heterocycles. The van der Waals surface area contributed by atoms with E-state index in [0.717, 1.165) is 0 Å². The largest absolute Gasteiger partial charge is 0.394 e. The van der Waals surface area contributed by atoms with Crippen LogP contribution in [0.5, 0.6) is 0 Å². The summed E-state index contributed by atoms with van der Waals surface area (Å²) in [7, 11) is -4.67. The summed E-state index contributed by atoms with van der Waals surface area (Å²) in [6, 6.07) is 0. The fraction of sp³-hybridized carbons (Fsp3) is 0. The topological polar surface area (TPSA) is 215 Å². The first kappa shape index (κ1) is 65.0. The van der Waals surface area contributed by atoms with E-state index in [1.165, 1.54) is 0 Å². The van der Waals surface area contributed by atoms with Crippen LogP contribution in [0.2, 0.25) is 0 Å². The zero-order valence-corrected chi connectivity index (χ0v) is 8.21. The molecule has 0 unspecified atom stereocenters. The lowest BCUT2D eigenvalue weighted by Gasteiger charge is -1.68. The SMILES string of the molecule is Cl.Cl.N.N.N.N.O=S(=O)(O)O. The second kappa shape index (κ2) is 22.4. The van der Waals surface area contributed by atoms with Crippen LogP contribution < -0.4 is 24.6 Å². The first-order chi connectivity index (χ1) is 2.00. The maximum Gasteiger partial charge on any atom is 0.394 e. The molecular weight excluding hydrogens is 223 g/mol. The third kappa shape index (κ3) is 8410. The van der Waals surface area contributed by atoms with Crippen molar-refractivity contribution in [2.24, 2.45) is 0 Å². The Kier molecular flexibility index (Phi) is 133. The van der Waals surface area contributed by atoms with Crippen molar-refractivity contribution >= 4 is 35.2 Å². The molecule has 0 aromatic rings. The predicted octanol–water partition coefficient (Wildman–Crippen LogP) is 0.839. The molecule has 80 valence electrons. The molecule has 11 heteroatoms. The summed E-state index contributed by atoms with van der Waals surface area (Å²) in [5.41, 5.74) is 0. The second-order valence-electron chi connectivity index (χ2n) is 0.448. The van der Waals surface area contributed by atoms with E-state index in [1.807, 2.05) is 0 Å². The van der Waals surface area contributed by atoms with E-state index in [0.29, 0.717) is 0 Å². The minimum absolute atomic E-state index is 0. The molecule has 0 fully saturated rings. The third-order valence-corrected chi connectivity index (χ3v) is 0. The highest BCUT2D eigenvalue weighted by Gasteiger charge is 1.84. The van der Waals surface area contributed by atoms with Crippen molar-refractivity contribution in [3.63, 3.8) is 0 Å². The van der Waals surface area contributed by atoms with Gasteiger partial charge in [0.1, 0.15) is 0 Å². The monoisotopic (exact) mass is 238 g/mol. The van der Waals surface area contributed by atoms with E-state index in [-0.39, 0.29) is 49.4 Å². The van der Waals surface area contributed by atoms with E-state index < -0.39 is 10.4 Å². The van der Waals surface area contributed by atoms with Crippen LogP contribution in [-0.4, -0.2) is 17.5 Å². The predicted molar refractivity (Wildman–Crippen MR) is 48.8 cm³/mol. The number of hydrogen-bond acceptors (Lipinski definition) is 6. The standard InChI is InChI=1S/2ClH.4H3N.H2O4S/c;;;;;;1-5(2,3)4/h2*1H;4*1H3;(H2,1,2,3,4). The highest BCUT2D eigenvalue weighted by atomic mass is 35.5. The molecule has 0 rings (SSSR count). The van der Waals surface area contributed by atoms with Crippen LogP contribution in [0.4, 0.5) is 0 Å². The fourth-order valence-corrected chi connectivity index (χ4v) is 0. The molecule has 0 aliphatic rings. The van der Waals surface area contributed by atoms with Crippen molar-refractivity contribution in [3.8, 4) is 0 Å². The minimum atomic E-state index is -4.67. The van der Waals surface area contributed by atoms with E-state index in [4.69, 9.17) is 17.5 Å². The summed E-state index contributed by atoms with van der Waals surface area (Å²) in [6.07, 6.45) is 0.